The highest BCUT2D eigenvalue weighted by Gasteiger charge is 2.06. The molecular weight excluding hydrogens is 124 g/mol. The molecule has 0 saturated carbocycles. The summed E-state index contributed by atoms with van der Waals surface area (Å²) in [5, 5.41) is 0. The minimum absolute atomic E-state index is 0.558. The van der Waals surface area contributed by atoms with Gasteiger partial charge in [0, 0.05) is 18.4 Å². The molecule has 2 nitrogen and oxygen atoms in total. The molecule has 0 radical (unpaired) electrons. The Kier molecular flexibility index (Phi) is 2.10. The van der Waals surface area contributed by atoms with Gasteiger partial charge in [0.15, 0.2) is 0 Å². The van der Waals surface area contributed by atoms with Crippen LogP contribution in [0.3, 0.4) is 0 Å². The first kappa shape index (κ1) is 7.32. The van der Waals surface area contributed by atoms with Crippen molar-refractivity contribution in [2.24, 2.45) is 5.92 Å². The Morgan fingerprint density at radius 3 is 2.40 bits per heavy atom. The van der Waals surface area contributed by atoms with Gasteiger partial charge >= 0.3 is 0 Å². The summed E-state index contributed by atoms with van der Waals surface area (Å²) < 4.78 is 2.13. The van der Waals surface area contributed by atoms with Crippen LogP contribution < -0.4 is 0 Å². The Bertz CT molecular complexity index is 177. The van der Waals surface area contributed by atoms with E-state index in [0.29, 0.717) is 12.0 Å². The van der Waals surface area contributed by atoms with E-state index in [1.807, 2.05) is 18.7 Å². The van der Waals surface area contributed by atoms with Crippen LogP contribution in [0.4, 0.5) is 0 Å². The molecule has 10 heavy (non-hydrogen) atoms. The van der Waals surface area contributed by atoms with Crippen molar-refractivity contribution in [2.75, 3.05) is 0 Å². The fourth-order valence-corrected chi connectivity index (χ4v) is 0.855. The van der Waals surface area contributed by atoms with Crippen molar-refractivity contribution in [3.05, 3.63) is 18.7 Å². The fraction of sp³-hybridized carbons (Fsp3) is 0.625. The molecule has 0 aliphatic carbocycles. The Morgan fingerprint density at radius 1 is 1.30 bits per heavy atom. The van der Waals surface area contributed by atoms with Crippen LogP contribution in [-0.2, 0) is 0 Å². The predicted octanol–water partition coefficient (Wildman–Crippen LogP) is 2.10. The summed E-state index contributed by atoms with van der Waals surface area (Å²) in [5.74, 6) is 0.675. The SMILES string of the molecule is CC(C)C(C)n1ccnc1. The van der Waals surface area contributed by atoms with E-state index in [-0.39, 0.29) is 0 Å². The van der Waals surface area contributed by atoms with Crippen LogP contribution in [0.25, 0.3) is 0 Å². The van der Waals surface area contributed by atoms with Crippen molar-refractivity contribution in [3.8, 4) is 0 Å². The molecule has 0 aliphatic rings. The summed E-state index contributed by atoms with van der Waals surface area (Å²) in [5.41, 5.74) is 0. The normalized spacial score (nSPS) is 14.0. The van der Waals surface area contributed by atoms with Gasteiger partial charge in [0.25, 0.3) is 0 Å². The van der Waals surface area contributed by atoms with E-state index in [0.717, 1.165) is 0 Å². The van der Waals surface area contributed by atoms with Crippen LogP contribution >= 0.6 is 0 Å². The van der Waals surface area contributed by atoms with E-state index in [4.69, 9.17) is 0 Å². The maximum absolute atomic E-state index is 3.99. The largest absolute Gasteiger partial charge is 0.334 e. The number of hydrogen-bond donors (Lipinski definition) is 0. The molecule has 0 spiro atoms. The minimum atomic E-state index is 0.558. The topological polar surface area (TPSA) is 17.8 Å². The maximum Gasteiger partial charge on any atom is 0.0948 e. The van der Waals surface area contributed by atoms with Gasteiger partial charge in [-0.1, -0.05) is 13.8 Å². The third kappa shape index (κ3) is 1.38. The molecule has 56 valence electrons. The van der Waals surface area contributed by atoms with Crippen molar-refractivity contribution in [1.82, 2.24) is 9.55 Å². The highest BCUT2D eigenvalue weighted by Crippen LogP contribution is 2.14. The smallest absolute Gasteiger partial charge is 0.0948 e. The van der Waals surface area contributed by atoms with Crippen LogP contribution in [0.2, 0.25) is 0 Å². The second-order valence-corrected chi connectivity index (χ2v) is 2.99. The van der Waals surface area contributed by atoms with Crippen LogP contribution in [0.5, 0.6) is 0 Å². The van der Waals surface area contributed by atoms with Gasteiger partial charge in [-0.3, -0.25) is 0 Å². The van der Waals surface area contributed by atoms with Gasteiger partial charge in [0.2, 0.25) is 0 Å². The van der Waals surface area contributed by atoms with Gasteiger partial charge in [-0.15, -0.1) is 0 Å². The molecule has 0 amide bonds. The van der Waals surface area contributed by atoms with Crippen molar-refractivity contribution in [1.29, 1.82) is 0 Å². The molecule has 1 heterocycles. The predicted molar refractivity (Wildman–Crippen MR) is 41.8 cm³/mol. The number of rotatable bonds is 2. The monoisotopic (exact) mass is 138 g/mol. The first-order valence-electron chi connectivity index (χ1n) is 3.69. The molecule has 1 atom stereocenters. The van der Waals surface area contributed by atoms with Crippen molar-refractivity contribution in [2.45, 2.75) is 26.8 Å². The molecule has 0 fully saturated rings. The van der Waals surface area contributed by atoms with Crippen molar-refractivity contribution < 1.29 is 0 Å². The zero-order valence-electron chi connectivity index (χ0n) is 6.78. The average molecular weight is 138 g/mol. The molecule has 0 saturated heterocycles. The molecule has 0 N–H and O–H groups in total. The summed E-state index contributed by atoms with van der Waals surface area (Å²) in [6, 6.07) is 0.558. The lowest BCUT2D eigenvalue weighted by molar-refractivity contribution is 0.408. The molecule has 0 aromatic carbocycles. The zero-order valence-corrected chi connectivity index (χ0v) is 6.78. The minimum Gasteiger partial charge on any atom is -0.334 e. The maximum atomic E-state index is 3.99. The van der Waals surface area contributed by atoms with Crippen molar-refractivity contribution in [3.63, 3.8) is 0 Å². The Labute approximate surface area is 61.9 Å². The van der Waals surface area contributed by atoms with Crippen LogP contribution in [0, 0.1) is 5.92 Å². The average Bonchev–Trinajstić information content (AvgIpc) is 2.36. The van der Waals surface area contributed by atoms with Crippen molar-refractivity contribution >= 4 is 0 Å². The van der Waals surface area contributed by atoms with E-state index in [2.05, 4.69) is 30.3 Å². The Balaban J connectivity index is 2.68. The second-order valence-electron chi connectivity index (χ2n) is 2.99. The first-order valence-corrected chi connectivity index (χ1v) is 3.69. The van der Waals surface area contributed by atoms with E-state index in [9.17, 15) is 0 Å². The highest BCUT2D eigenvalue weighted by atomic mass is 15.0. The lowest BCUT2D eigenvalue weighted by atomic mass is 10.1. The van der Waals surface area contributed by atoms with Gasteiger partial charge in [-0.25, -0.2) is 4.98 Å². The third-order valence-electron chi connectivity index (χ3n) is 1.96. The third-order valence-corrected chi connectivity index (χ3v) is 1.96. The van der Waals surface area contributed by atoms with Gasteiger partial charge in [-0.05, 0) is 12.8 Å². The molecular formula is C8H14N2. The van der Waals surface area contributed by atoms with Gasteiger partial charge < -0.3 is 4.57 Å². The second kappa shape index (κ2) is 2.86. The molecule has 1 aromatic heterocycles. The molecule has 0 aliphatic heterocycles. The number of imidazole rings is 1. The van der Waals surface area contributed by atoms with Gasteiger partial charge in [0.1, 0.15) is 0 Å². The summed E-state index contributed by atoms with van der Waals surface area (Å²) in [6.07, 6.45) is 5.69. The van der Waals surface area contributed by atoms with E-state index in [1.54, 1.807) is 0 Å². The molecule has 1 unspecified atom stereocenters. The van der Waals surface area contributed by atoms with Crippen LogP contribution in [-0.4, -0.2) is 9.55 Å². The van der Waals surface area contributed by atoms with E-state index < -0.39 is 0 Å². The van der Waals surface area contributed by atoms with E-state index >= 15 is 0 Å². The van der Waals surface area contributed by atoms with Gasteiger partial charge in [0.05, 0.1) is 6.33 Å². The van der Waals surface area contributed by atoms with Crippen LogP contribution in [0.15, 0.2) is 18.7 Å². The van der Waals surface area contributed by atoms with E-state index in [1.165, 1.54) is 0 Å². The Hall–Kier alpha value is -0.790. The summed E-state index contributed by atoms with van der Waals surface area (Å²) >= 11 is 0. The van der Waals surface area contributed by atoms with Crippen LogP contribution in [0.1, 0.15) is 26.8 Å². The number of hydrogen-bond acceptors (Lipinski definition) is 1. The standard InChI is InChI=1S/C8H14N2/c1-7(2)8(3)10-5-4-9-6-10/h4-8H,1-3H3. The lowest BCUT2D eigenvalue weighted by Crippen LogP contribution is -2.08. The number of aromatic nitrogens is 2. The van der Waals surface area contributed by atoms with Gasteiger partial charge in [-0.2, -0.15) is 0 Å². The molecule has 2 heteroatoms. The zero-order chi connectivity index (χ0) is 7.56. The fourth-order valence-electron chi connectivity index (χ4n) is 0.855. The Morgan fingerprint density at radius 2 is 2.00 bits per heavy atom. The molecule has 1 rings (SSSR count). The quantitative estimate of drug-likeness (QED) is 0.612. The molecule has 0 bridgehead atoms. The molecule has 1 aromatic rings. The highest BCUT2D eigenvalue weighted by molar-refractivity contribution is 4.79. The lowest BCUT2D eigenvalue weighted by Gasteiger charge is -2.16. The number of nitrogens with zero attached hydrogens (tertiary/aromatic N) is 2. The summed E-state index contributed by atoms with van der Waals surface area (Å²) in [4.78, 5) is 3.99. The summed E-state index contributed by atoms with van der Waals surface area (Å²) in [7, 11) is 0. The summed E-state index contributed by atoms with van der Waals surface area (Å²) in [6.45, 7) is 6.63. The first-order chi connectivity index (χ1) is 4.72.